The van der Waals surface area contributed by atoms with E-state index in [0.717, 1.165) is 19.3 Å². The number of carbonyl (C=O) groups is 2. The topological polar surface area (TPSA) is 78.6 Å². The first-order chi connectivity index (χ1) is 8.87. The maximum absolute atomic E-state index is 11.5. The molecule has 5 nitrogen and oxygen atoms in total. The molecule has 0 bridgehead atoms. The van der Waals surface area contributed by atoms with Gasteiger partial charge in [-0.1, -0.05) is 12.5 Å². The fourth-order valence-corrected chi connectivity index (χ4v) is 4.15. The smallest absolute Gasteiger partial charge is 0.405 e. The van der Waals surface area contributed by atoms with Gasteiger partial charge in [0.25, 0.3) is 0 Å². The Kier molecular flexibility index (Phi) is 2.46. The number of ether oxygens (including phenoxy) is 2. The third-order valence-electron chi connectivity index (χ3n) is 4.65. The maximum Gasteiger partial charge on any atom is 0.405 e. The Bertz CT molecular complexity index is 486. The van der Waals surface area contributed by atoms with Crippen LogP contribution in [0.5, 0.6) is 0 Å². The number of hydrogen-bond donors (Lipinski definition) is 1. The number of rotatable bonds is 3. The zero-order valence-corrected chi connectivity index (χ0v) is 11.3. The minimum absolute atomic E-state index is 0.170. The predicted octanol–water partition coefficient (Wildman–Crippen LogP) is 1.90. The second kappa shape index (κ2) is 3.74. The fraction of sp³-hybridized carbons (Fsp3) is 0.714. The van der Waals surface area contributed by atoms with Crippen LogP contribution >= 0.6 is 0 Å². The molecule has 0 radical (unpaired) electrons. The van der Waals surface area contributed by atoms with Gasteiger partial charge in [-0.15, -0.1) is 0 Å². The summed E-state index contributed by atoms with van der Waals surface area (Å²) in [4.78, 5) is 22.4. The van der Waals surface area contributed by atoms with Crippen LogP contribution in [-0.2, 0) is 14.3 Å². The van der Waals surface area contributed by atoms with Gasteiger partial charge in [0.2, 0.25) is 0 Å². The summed E-state index contributed by atoms with van der Waals surface area (Å²) in [7, 11) is 0. The minimum atomic E-state index is -0.691. The van der Waals surface area contributed by atoms with Crippen molar-refractivity contribution in [2.75, 3.05) is 0 Å². The number of esters is 1. The second-order valence-corrected chi connectivity index (χ2v) is 6.17. The molecule has 4 unspecified atom stereocenters. The monoisotopic (exact) mass is 265 g/mol. The van der Waals surface area contributed by atoms with Crippen molar-refractivity contribution in [2.24, 2.45) is 17.6 Å². The molecule has 0 aromatic rings. The van der Waals surface area contributed by atoms with Gasteiger partial charge < -0.3 is 15.2 Å². The Morgan fingerprint density at radius 2 is 2.16 bits per heavy atom. The largest absolute Gasteiger partial charge is 0.455 e. The molecule has 3 rings (SSSR count). The van der Waals surface area contributed by atoms with Gasteiger partial charge in [0, 0.05) is 18.8 Å². The molecule has 2 fully saturated rings. The highest BCUT2D eigenvalue weighted by molar-refractivity contribution is 5.70. The van der Waals surface area contributed by atoms with E-state index in [0.29, 0.717) is 18.3 Å². The lowest BCUT2D eigenvalue weighted by atomic mass is 9.43. The molecule has 104 valence electrons. The molecule has 5 heteroatoms. The van der Waals surface area contributed by atoms with Crippen molar-refractivity contribution in [1.29, 1.82) is 0 Å². The van der Waals surface area contributed by atoms with E-state index < -0.39 is 11.7 Å². The molecule has 0 spiro atoms. The number of carbonyl (C=O) groups excluding carboxylic acids is 2. The first kappa shape index (κ1) is 12.5. The van der Waals surface area contributed by atoms with E-state index in [2.05, 4.69) is 0 Å². The molecule has 2 N–H and O–H groups in total. The van der Waals surface area contributed by atoms with Crippen LogP contribution in [-0.4, -0.2) is 23.3 Å². The van der Waals surface area contributed by atoms with Gasteiger partial charge in [-0.05, 0) is 31.8 Å². The lowest BCUT2D eigenvalue weighted by Crippen LogP contribution is -2.68. The van der Waals surface area contributed by atoms with Gasteiger partial charge in [0.05, 0.1) is 0 Å². The Labute approximate surface area is 112 Å². The maximum atomic E-state index is 11.5. The van der Waals surface area contributed by atoms with Crippen molar-refractivity contribution >= 4 is 12.1 Å². The van der Waals surface area contributed by atoms with Crippen LogP contribution in [0.1, 0.15) is 39.5 Å². The van der Waals surface area contributed by atoms with Crippen LogP contribution in [0.25, 0.3) is 0 Å². The van der Waals surface area contributed by atoms with Crippen molar-refractivity contribution in [3.8, 4) is 0 Å². The molecular weight excluding hydrogens is 246 g/mol. The lowest BCUT2D eigenvalue weighted by Gasteiger charge is -2.66. The Hall–Kier alpha value is -1.52. The fourth-order valence-electron chi connectivity index (χ4n) is 4.15. The first-order valence-corrected chi connectivity index (χ1v) is 6.79. The van der Waals surface area contributed by atoms with Gasteiger partial charge in [0.1, 0.15) is 11.2 Å². The van der Waals surface area contributed by atoms with E-state index >= 15 is 0 Å². The van der Waals surface area contributed by atoms with Crippen LogP contribution < -0.4 is 5.73 Å². The molecular formula is C14H19NO4. The number of amides is 1. The average molecular weight is 265 g/mol. The van der Waals surface area contributed by atoms with Gasteiger partial charge in [-0.2, -0.15) is 0 Å². The van der Waals surface area contributed by atoms with Gasteiger partial charge in [-0.25, -0.2) is 4.79 Å². The Morgan fingerprint density at radius 3 is 2.74 bits per heavy atom. The van der Waals surface area contributed by atoms with Crippen molar-refractivity contribution in [1.82, 2.24) is 0 Å². The molecule has 3 aliphatic rings. The SMILES string of the molecule is CCC(=O)OC1(C)C=C2CC3(OC(N)=O)CC(C1)C23. The van der Waals surface area contributed by atoms with E-state index in [-0.39, 0.29) is 11.6 Å². The summed E-state index contributed by atoms with van der Waals surface area (Å²) in [5.41, 5.74) is 5.52. The van der Waals surface area contributed by atoms with E-state index in [4.69, 9.17) is 15.2 Å². The van der Waals surface area contributed by atoms with Crippen molar-refractivity contribution in [3.63, 3.8) is 0 Å². The van der Waals surface area contributed by atoms with E-state index in [9.17, 15) is 9.59 Å². The van der Waals surface area contributed by atoms with Crippen LogP contribution in [0, 0.1) is 11.8 Å². The van der Waals surface area contributed by atoms with E-state index in [1.54, 1.807) is 6.92 Å². The van der Waals surface area contributed by atoms with Gasteiger partial charge in [0.15, 0.2) is 0 Å². The molecule has 1 amide bonds. The predicted molar refractivity (Wildman–Crippen MR) is 67.1 cm³/mol. The average Bonchev–Trinajstić information content (AvgIpc) is 2.23. The molecule has 3 aliphatic carbocycles. The van der Waals surface area contributed by atoms with Gasteiger partial charge in [-0.3, -0.25) is 4.79 Å². The third-order valence-corrected chi connectivity index (χ3v) is 4.65. The molecule has 0 heterocycles. The second-order valence-electron chi connectivity index (χ2n) is 6.17. The Morgan fingerprint density at radius 1 is 1.42 bits per heavy atom. The summed E-state index contributed by atoms with van der Waals surface area (Å²) in [6.07, 6.45) is 4.11. The summed E-state index contributed by atoms with van der Waals surface area (Å²) in [5.74, 6) is 0.562. The van der Waals surface area contributed by atoms with Gasteiger partial charge >= 0.3 is 12.1 Å². The van der Waals surface area contributed by atoms with E-state index in [1.807, 2.05) is 13.0 Å². The summed E-state index contributed by atoms with van der Waals surface area (Å²) in [6, 6.07) is 0. The quantitative estimate of drug-likeness (QED) is 0.624. The van der Waals surface area contributed by atoms with Crippen molar-refractivity contribution < 1.29 is 19.1 Å². The van der Waals surface area contributed by atoms with Crippen LogP contribution in [0.15, 0.2) is 11.6 Å². The number of primary amides is 1. The molecule has 19 heavy (non-hydrogen) atoms. The highest BCUT2D eigenvalue weighted by Crippen LogP contribution is 2.67. The van der Waals surface area contributed by atoms with Crippen molar-refractivity contribution in [3.05, 3.63) is 11.6 Å². The molecule has 4 atom stereocenters. The molecule has 0 aliphatic heterocycles. The molecule has 0 saturated heterocycles. The standard InChI is InChI=1S/C14H19NO4/c1-3-10(16)18-13(2)4-8-6-14(19-12(15)17)7-9(5-13)11(8)14/h4,9,11H,3,5-7H2,1-2H3,(H2,15,17). The summed E-state index contributed by atoms with van der Waals surface area (Å²) in [6.45, 7) is 3.75. The zero-order valence-electron chi connectivity index (χ0n) is 11.3. The number of nitrogens with two attached hydrogens (primary N) is 1. The van der Waals surface area contributed by atoms with E-state index in [1.165, 1.54) is 5.57 Å². The molecule has 0 aromatic carbocycles. The summed E-state index contributed by atoms with van der Waals surface area (Å²) in [5, 5.41) is 0. The number of hydrogen-bond acceptors (Lipinski definition) is 4. The first-order valence-electron chi connectivity index (χ1n) is 6.79. The Balaban J connectivity index is 1.75. The summed E-state index contributed by atoms with van der Waals surface area (Å²) >= 11 is 0. The lowest BCUT2D eigenvalue weighted by molar-refractivity contribution is -0.194. The zero-order chi connectivity index (χ0) is 13.8. The normalized spacial score (nSPS) is 42.1. The third kappa shape index (κ3) is 1.75. The minimum Gasteiger partial charge on any atom is -0.455 e. The van der Waals surface area contributed by atoms with Crippen LogP contribution in [0.4, 0.5) is 4.79 Å². The highest BCUT2D eigenvalue weighted by atomic mass is 16.6. The summed E-state index contributed by atoms with van der Waals surface area (Å²) < 4.78 is 10.8. The highest BCUT2D eigenvalue weighted by Gasteiger charge is 2.68. The molecule has 2 saturated carbocycles. The van der Waals surface area contributed by atoms with Crippen molar-refractivity contribution in [2.45, 2.75) is 50.7 Å². The van der Waals surface area contributed by atoms with Crippen LogP contribution in [0.3, 0.4) is 0 Å². The molecule has 0 aromatic heterocycles. The van der Waals surface area contributed by atoms with Crippen LogP contribution in [0.2, 0.25) is 0 Å².